The second-order valence-electron chi connectivity index (χ2n) is 4.23. The Balaban J connectivity index is 2.19. The van der Waals surface area contributed by atoms with Crippen LogP contribution in [0.3, 0.4) is 0 Å². The standard InChI is InChI=1S/C15H14O6S/c1-19-12-7-9-14(10-8-12)22(17,18)21-13-5-3-11(4-6-13)15(16)20-2/h3-10H,1-2H3. The summed E-state index contributed by atoms with van der Waals surface area (Å²) in [4.78, 5) is 11.3. The third kappa shape index (κ3) is 3.56. The van der Waals surface area contributed by atoms with Crippen LogP contribution >= 0.6 is 0 Å². The smallest absolute Gasteiger partial charge is 0.339 e. The summed E-state index contributed by atoms with van der Waals surface area (Å²) in [6.45, 7) is 0. The Labute approximate surface area is 128 Å². The Bertz CT molecular complexity index is 748. The molecule has 0 heterocycles. The van der Waals surface area contributed by atoms with Crippen molar-refractivity contribution < 1.29 is 26.9 Å². The predicted molar refractivity (Wildman–Crippen MR) is 78.6 cm³/mol. The van der Waals surface area contributed by atoms with Gasteiger partial charge in [0.2, 0.25) is 0 Å². The fourth-order valence-corrected chi connectivity index (χ4v) is 2.61. The topological polar surface area (TPSA) is 78.9 Å². The third-order valence-electron chi connectivity index (χ3n) is 2.83. The van der Waals surface area contributed by atoms with E-state index in [0.29, 0.717) is 11.3 Å². The number of esters is 1. The summed E-state index contributed by atoms with van der Waals surface area (Å²) in [6.07, 6.45) is 0. The maximum atomic E-state index is 12.1. The van der Waals surface area contributed by atoms with Gasteiger partial charge in [-0.15, -0.1) is 0 Å². The molecule has 0 bridgehead atoms. The number of rotatable bonds is 5. The quantitative estimate of drug-likeness (QED) is 0.620. The molecule has 2 aromatic rings. The predicted octanol–water partition coefficient (Wildman–Crippen LogP) is 2.25. The molecule has 116 valence electrons. The van der Waals surface area contributed by atoms with Gasteiger partial charge >= 0.3 is 16.1 Å². The molecule has 0 aliphatic heterocycles. The SMILES string of the molecule is COC(=O)c1ccc(OS(=O)(=O)c2ccc(OC)cc2)cc1. The van der Waals surface area contributed by atoms with Crippen molar-refractivity contribution in [3.63, 3.8) is 0 Å². The third-order valence-corrected chi connectivity index (χ3v) is 4.09. The summed E-state index contributed by atoms with van der Waals surface area (Å²) >= 11 is 0. The largest absolute Gasteiger partial charge is 0.497 e. The van der Waals surface area contributed by atoms with Crippen LogP contribution in [-0.2, 0) is 14.9 Å². The van der Waals surface area contributed by atoms with Gasteiger partial charge in [-0.05, 0) is 48.5 Å². The second-order valence-corrected chi connectivity index (χ2v) is 5.78. The van der Waals surface area contributed by atoms with Crippen molar-refractivity contribution in [2.45, 2.75) is 4.90 Å². The molecule has 2 aromatic carbocycles. The van der Waals surface area contributed by atoms with Gasteiger partial charge in [0.05, 0.1) is 19.8 Å². The molecule has 6 nitrogen and oxygen atoms in total. The van der Waals surface area contributed by atoms with Crippen molar-refractivity contribution in [3.8, 4) is 11.5 Å². The summed E-state index contributed by atoms with van der Waals surface area (Å²) in [5.41, 5.74) is 0.302. The van der Waals surface area contributed by atoms with Crippen molar-refractivity contribution in [1.29, 1.82) is 0 Å². The summed E-state index contributed by atoms with van der Waals surface area (Å²) in [7, 11) is -1.19. The molecule has 0 N–H and O–H groups in total. The number of benzene rings is 2. The molecule has 0 saturated heterocycles. The number of carbonyl (C=O) groups excluding carboxylic acids is 1. The van der Waals surface area contributed by atoms with E-state index in [1.54, 1.807) is 0 Å². The van der Waals surface area contributed by atoms with Crippen molar-refractivity contribution in [1.82, 2.24) is 0 Å². The molecule has 0 amide bonds. The fraction of sp³-hybridized carbons (Fsp3) is 0.133. The van der Waals surface area contributed by atoms with Gasteiger partial charge in [0.25, 0.3) is 0 Å². The minimum absolute atomic E-state index is 0.00495. The maximum Gasteiger partial charge on any atom is 0.339 e. The van der Waals surface area contributed by atoms with Crippen LogP contribution in [0.25, 0.3) is 0 Å². The van der Waals surface area contributed by atoms with E-state index in [4.69, 9.17) is 8.92 Å². The Morgan fingerprint density at radius 3 is 1.91 bits per heavy atom. The lowest BCUT2D eigenvalue weighted by Crippen LogP contribution is -2.10. The lowest BCUT2D eigenvalue weighted by Gasteiger charge is -2.08. The Kier molecular flexibility index (Phi) is 4.67. The summed E-state index contributed by atoms with van der Waals surface area (Å²) in [6, 6.07) is 11.4. The van der Waals surface area contributed by atoms with E-state index >= 15 is 0 Å². The van der Waals surface area contributed by atoms with Crippen molar-refractivity contribution >= 4 is 16.1 Å². The number of methoxy groups -OCH3 is 2. The zero-order valence-electron chi connectivity index (χ0n) is 12.0. The minimum Gasteiger partial charge on any atom is -0.497 e. The molecule has 0 unspecified atom stereocenters. The highest BCUT2D eigenvalue weighted by Crippen LogP contribution is 2.21. The molecule has 0 aliphatic carbocycles. The molecule has 0 radical (unpaired) electrons. The number of hydrogen-bond donors (Lipinski definition) is 0. The van der Waals surface area contributed by atoms with Gasteiger partial charge in [-0.25, -0.2) is 4.79 Å². The number of ether oxygens (including phenoxy) is 2. The van der Waals surface area contributed by atoms with Gasteiger partial charge < -0.3 is 13.7 Å². The van der Waals surface area contributed by atoms with E-state index in [2.05, 4.69) is 4.74 Å². The lowest BCUT2D eigenvalue weighted by molar-refractivity contribution is 0.0600. The molecule has 0 aromatic heterocycles. The molecule has 0 fully saturated rings. The lowest BCUT2D eigenvalue weighted by atomic mass is 10.2. The Morgan fingerprint density at radius 1 is 0.864 bits per heavy atom. The molecule has 7 heteroatoms. The van der Waals surface area contributed by atoms with E-state index in [1.807, 2.05) is 0 Å². The van der Waals surface area contributed by atoms with Crippen LogP contribution in [0.2, 0.25) is 0 Å². The first kappa shape index (κ1) is 15.8. The zero-order chi connectivity index (χ0) is 16.2. The van der Waals surface area contributed by atoms with Gasteiger partial charge in [-0.3, -0.25) is 0 Å². The molecule has 22 heavy (non-hydrogen) atoms. The van der Waals surface area contributed by atoms with Crippen LogP contribution in [0.1, 0.15) is 10.4 Å². The molecule has 0 atom stereocenters. The second kappa shape index (κ2) is 6.48. The van der Waals surface area contributed by atoms with Crippen LogP contribution in [0.4, 0.5) is 0 Å². The maximum absolute atomic E-state index is 12.1. The van der Waals surface area contributed by atoms with E-state index < -0.39 is 16.1 Å². The van der Waals surface area contributed by atoms with Crippen molar-refractivity contribution in [2.24, 2.45) is 0 Å². The van der Waals surface area contributed by atoms with E-state index in [9.17, 15) is 13.2 Å². The van der Waals surface area contributed by atoms with Crippen LogP contribution in [0.5, 0.6) is 11.5 Å². The fourth-order valence-electron chi connectivity index (χ4n) is 1.68. The number of carbonyl (C=O) groups is 1. The molecule has 0 saturated carbocycles. The first-order chi connectivity index (χ1) is 10.5. The summed E-state index contributed by atoms with van der Waals surface area (Å²) in [5, 5.41) is 0. The summed E-state index contributed by atoms with van der Waals surface area (Å²) in [5.74, 6) is 0.134. The van der Waals surface area contributed by atoms with E-state index in [1.165, 1.54) is 62.8 Å². The molecule has 2 rings (SSSR count). The van der Waals surface area contributed by atoms with Crippen LogP contribution in [0.15, 0.2) is 53.4 Å². The van der Waals surface area contributed by atoms with Gasteiger partial charge in [0.1, 0.15) is 16.4 Å². The first-order valence-corrected chi connectivity index (χ1v) is 7.64. The van der Waals surface area contributed by atoms with E-state index in [0.717, 1.165) is 0 Å². The summed E-state index contributed by atoms with van der Waals surface area (Å²) < 4.78 is 38.8. The van der Waals surface area contributed by atoms with Gasteiger partial charge in [-0.1, -0.05) is 0 Å². The molecular weight excluding hydrogens is 308 g/mol. The Morgan fingerprint density at radius 2 is 1.41 bits per heavy atom. The van der Waals surface area contributed by atoms with Crippen LogP contribution in [0, 0.1) is 0 Å². The van der Waals surface area contributed by atoms with Gasteiger partial charge in [-0.2, -0.15) is 8.42 Å². The van der Waals surface area contributed by atoms with Crippen LogP contribution < -0.4 is 8.92 Å². The number of hydrogen-bond acceptors (Lipinski definition) is 6. The Hall–Kier alpha value is -2.54. The normalized spacial score (nSPS) is 10.8. The van der Waals surface area contributed by atoms with Crippen LogP contribution in [-0.4, -0.2) is 28.6 Å². The van der Waals surface area contributed by atoms with Gasteiger partial charge in [0, 0.05) is 0 Å². The molecule has 0 aliphatic rings. The highest BCUT2D eigenvalue weighted by atomic mass is 32.2. The minimum atomic E-state index is -3.95. The van der Waals surface area contributed by atoms with Crippen molar-refractivity contribution in [2.75, 3.05) is 14.2 Å². The van der Waals surface area contributed by atoms with E-state index in [-0.39, 0.29) is 10.6 Å². The average Bonchev–Trinajstić information content (AvgIpc) is 2.54. The molecule has 0 spiro atoms. The van der Waals surface area contributed by atoms with Gasteiger partial charge in [0.15, 0.2) is 0 Å². The highest BCUT2D eigenvalue weighted by Gasteiger charge is 2.17. The highest BCUT2D eigenvalue weighted by molar-refractivity contribution is 7.87. The monoisotopic (exact) mass is 322 g/mol. The van der Waals surface area contributed by atoms with Crippen molar-refractivity contribution in [3.05, 3.63) is 54.1 Å². The zero-order valence-corrected chi connectivity index (χ0v) is 12.8. The molecular formula is C15H14O6S. The first-order valence-electron chi connectivity index (χ1n) is 6.23. The average molecular weight is 322 g/mol.